The fourth-order valence-electron chi connectivity index (χ4n) is 2.95. The van der Waals surface area contributed by atoms with Gasteiger partial charge in [-0.05, 0) is 31.5 Å². The van der Waals surface area contributed by atoms with Gasteiger partial charge >= 0.3 is 5.97 Å². The predicted molar refractivity (Wildman–Crippen MR) is 119 cm³/mol. The Hall–Kier alpha value is -3.65. The fraction of sp³-hybridized carbons (Fsp3) is 0.292. The van der Waals surface area contributed by atoms with Crippen LogP contribution in [-0.4, -0.2) is 47.9 Å². The first-order chi connectivity index (χ1) is 15.6. The molecule has 3 aromatic rings. The van der Waals surface area contributed by atoms with E-state index in [1.54, 1.807) is 25.1 Å². The number of oxime groups is 1. The molecule has 1 atom stereocenters. The summed E-state index contributed by atoms with van der Waals surface area (Å²) in [5, 5.41) is 17.4. The maximum Gasteiger partial charge on any atom is 0.333 e. The van der Waals surface area contributed by atoms with E-state index in [9.17, 15) is 9.90 Å². The number of carboxylic acid groups (broad SMARTS) is 1. The molecule has 0 aliphatic heterocycles. The summed E-state index contributed by atoms with van der Waals surface area (Å²) < 4.78 is 16.6. The van der Waals surface area contributed by atoms with Crippen LogP contribution in [0, 0.1) is 0 Å². The SMILES string of the molecule is CCON=C(COc1ccc(CC(OCC)C(=O)O)cc1)c1cc(-c2ccccc2)no1. The number of carboxylic acids is 1. The fourth-order valence-corrected chi connectivity index (χ4v) is 2.95. The summed E-state index contributed by atoms with van der Waals surface area (Å²) in [4.78, 5) is 16.5. The lowest BCUT2D eigenvalue weighted by atomic mass is 10.1. The van der Waals surface area contributed by atoms with E-state index in [0.29, 0.717) is 36.1 Å². The lowest BCUT2D eigenvalue weighted by Gasteiger charge is -2.13. The van der Waals surface area contributed by atoms with Gasteiger partial charge in [0.25, 0.3) is 0 Å². The second kappa shape index (κ2) is 11.7. The molecule has 0 fully saturated rings. The van der Waals surface area contributed by atoms with Crippen molar-refractivity contribution in [2.75, 3.05) is 19.8 Å². The van der Waals surface area contributed by atoms with Crippen LogP contribution in [0.5, 0.6) is 5.75 Å². The van der Waals surface area contributed by atoms with Gasteiger partial charge < -0.3 is 23.9 Å². The number of benzene rings is 2. The summed E-state index contributed by atoms with van der Waals surface area (Å²) in [5.74, 6) is 0.0739. The van der Waals surface area contributed by atoms with Gasteiger partial charge in [0.2, 0.25) is 0 Å². The Labute approximate surface area is 186 Å². The molecule has 0 aliphatic rings. The molecule has 168 valence electrons. The number of nitrogens with zero attached hydrogens (tertiary/aromatic N) is 2. The molecule has 1 aromatic heterocycles. The number of aliphatic carboxylic acids is 1. The van der Waals surface area contributed by atoms with E-state index in [4.69, 9.17) is 18.8 Å². The van der Waals surface area contributed by atoms with Gasteiger partial charge in [-0.2, -0.15) is 0 Å². The highest BCUT2D eigenvalue weighted by molar-refractivity contribution is 5.99. The van der Waals surface area contributed by atoms with Gasteiger partial charge in [0.15, 0.2) is 17.6 Å². The normalized spacial score (nSPS) is 12.4. The number of hydrogen-bond acceptors (Lipinski definition) is 7. The van der Waals surface area contributed by atoms with Crippen LogP contribution in [0.25, 0.3) is 11.3 Å². The molecule has 8 heteroatoms. The zero-order chi connectivity index (χ0) is 22.8. The number of hydrogen-bond donors (Lipinski definition) is 1. The maximum absolute atomic E-state index is 11.3. The third kappa shape index (κ3) is 6.42. The van der Waals surface area contributed by atoms with Crippen molar-refractivity contribution in [1.82, 2.24) is 5.16 Å². The Morgan fingerprint density at radius 3 is 2.50 bits per heavy atom. The molecule has 0 amide bonds. The molecule has 0 bridgehead atoms. The topological polar surface area (TPSA) is 103 Å². The molecule has 2 aromatic carbocycles. The lowest BCUT2D eigenvalue weighted by molar-refractivity contribution is -0.149. The average molecular weight is 438 g/mol. The molecule has 1 unspecified atom stereocenters. The minimum absolute atomic E-state index is 0.111. The summed E-state index contributed by atoms with van der Waals surface area (Å²) >= 11 is 0. The maximum atomic E-state index is 11.3. The van der Waals surface area contributed by atoms with Crippen LogP contribution in [0.15, 0.2) is 70.3 Å². The Bertz CT molecular complexity index is 1010. The van der Waals surface area contributed by atoms with Crippen LogP contribution in [0.1, 0.15) is 25.2 Å². The minimum atomic E-state index is -0.981. The Morgan fingerprint density at radius 2 is 1.84 bits per heavy atom. The van der Waals surface area contributed by atoms with Crippen LogP contribution < -0.4 is 4.74 Å². The van der Waals surface area contributed by atoms with E-state index >= 15 is 0 Å². The highest BCUT2D eigenvalue weighted by Gasteiger charge is 2.18. The molecule has 0 saturated carbocycles. The molecule has 1 N–H and O–H groups in total. The van der Waals surface area contributed by atoms with Crippen molar-refractivity contribution < 1.29 is 28.7 Å². The number of carbonyl (C=O) groups is 1. The quantitative estimate of drug-likeness (QED) is 0.334. The first-order valence-corrected chi connectivity index (χ1v) is 10.4. The Balaban J connectivity index is 1.66. The highest BCUT2D eigenvalue weighted by atomic mass is 16.6. The van der Waals surface area contributed by atoms with Gasteiger partial charge in [0.1, 0.15) is 24.7 Å². The van der Waals surface area contributed by atoms with E-state index < -0.39 is 12.1 Å². The van der Waals surface area contributed by atoms with E-state index in [2.05, 4.69) is 10.3 Å². The first kappa shape index (κ1) is 23.0. The van der Waals surface area contributed by atoms with Crippen LogP contribution >= 0.6 is 0 Å². The minimum Gasteiger partial charge on any atom is -0.487 e. The third-order valence-electron chi connectivity index (χ3n) is 4.53. The lowest BCUT2D eigenvalue weighted by Crippen LogP contribution is -2.26. The largest absolute Gasteiger partial charge is 0.487 e. The standard InChI is InChI=1S/C24H26N2O6/c1-3-29-23(24(27)28)14-17-10-12-19(13-11-17)30-16-21(25-31-4-2)22-15-20(26-32-22)18-8-6-5-7-9-18/h5-13,15,23H,3-4,14,16H2,1-2H3,(H,27,28). The van der Waals surface area contributed by atoms with Gasteiger partial charge in [0, 0.05) is 24.7 Å². The molecule has 0 saturated heterocycles. The van der Waals surface area contributed by atoms with Crippen LogP contribution in [0.2, 0.25) is 0 Å². The van der Waals surface area contributed by atoms with Crippen molar-refractivity contribution >= 4 is 11.7 Å². The number of aromatic nitrogens is 1. The molecule has 1 heterocycles. The van der Waals surface area contributed by atoms with Gasteiger partial charge in [-0.15, -0.1) is 0 Å². The van der Waals surface area contributed by atoms with Crippen LogP contribution in [0.3, 0.4) is 0 Å². The second-order valence-electron chi connectivity index (χ2n) is 6.82. The van der Waals surface area contributed by atoms with Crippen molar-refractivity contribution in [3.8, 4) is 17.0 Å². The Kier molecular flexibility index (Phi) is 8.39. The van der Waals surface area contributed by atoms with Crippen LogP contribution in [-0.2, 0) is 20.8 Å². The molecule has 0 radical (unpaired) electrons. The van der Waals surface area contributed by atoms with Gasteiger partial charge in [-0.25, -0.2) is 4.79 Å². The van der Waals surface area contributed by atoms with Gasteiger partial charge in [0.05, 0.1) is 0 Å². The third-order valence-corrected chi connectivity index (χ3v) is 4.53. The molecule has 0 aliphatic carbocycles. The molecule has 3 rings (SSSR count). The molecule has 32 heavy (non-hydrogen) atoms. The van der Waals surface area contributed by atoms with Crippen LogP contribution in [0.4, 0.5) is 0 Å². The summed E-state index contributed by atoms with van der Waals surface area (Å²) in [6.07, 6.45) is -0.595. The van der Waals surface area contributed by atoms with Crippen molar-refractivity contribution in [3.63, 3.8) is 0 Å². The summed E-state index contributed by atoms with van der Waals surface area (Å²) in [5.41, 5.74) is 2.93. The molecule has 8 nitrogen and oxygen atoms in total. The zero-order valence-electron chi connectivity index (χ0n) is 18.1. The van der Waals surface area contributed by atoms with Crippen molar-refractivity contribution in [3.05, 3.63) is 72.0 Å². The molecular weight excluding hydrogens is 412 g/mol. The van der Waals surface area contributed by atoms with Gasteiger partial charge in [-0.1, -0.05) is 52.8 Å². The van der Waals surface area contributed by atoms with Crippen molar-refractivity contribution in [2.24, 2.45) is 5.16 Å². The zero-order valence-corrected chi connectivity index (χ0v) is 18.1. The smallest absolute Gasteiger partial charge is 0.333 e. The number of ether oxygens (including phenoxy) is 2. The molecule has 0 spiro atoms. The first-order valence-electron chi connectivity index (χ1n) is 10.4. The van der Waals surface area contributed by atoms with E-state index in [-0.39, 0.29) is 13.0 Å². The van der Waals surface area contributed by atoms with Crippen molar-refractivity contribution in [1.29, 1.82) is 0 Å². The van der Waals surface area contributed by atoms with E-state index in [1.165, 1.54) is 0 Å². The van der Waals surface area contributed by atoms with E-state index in [0.717, 1.165) is 11.1 Å². The van der Waals surface area contributed by atoms with Crippen molar-refractivity contribution in [2.45, 2.75) is 26.4 Å². The summed E-state index contributed by atoms with van der Waals surface area (Å²) in [7, 11) is 0. The van der Waals surface area contributed by atoms with Gasteiger partial charge in [-0.3, -0.25) is 0 Å². The van der Waals surface area contributed by atoms with E-state index in [1.807, 2.05) is 49.4 Å². The molecular formula is C24H26N2O6. The second-order valence-corrected chi connectivity index (χ2v) is 6.82. The average Bonchev–Trinajstić information content (AvgIpc) is 3.30. The summed E-state index contributed by atoms with van der Waals surface area (Å²) in [6.45, 7) is 4.46. The predicted octanol–water partition coefficient (Wildman–Crippen LogP) is 4.19. The Morgan fingerprint density at radius 1 is 1.09 bits per heavy atom. The number of rotatable bonds is 12. The summed E-state index contributed by atoms with van der Waals surface area (Å²) in [6, 6.07) is 18.6. The highest BCUT2D eigenvalue weighted by Crippen LogP contribution is 2.20. The monoisotopic (exact) mass is 438 g/mol.